The fourth-order valence-corrected chi connectivity index (χ4v) is 10.3. The third-order valence-electron chi connectivity index (χ3n) is 11.7. The van der Waals surface area contributed by atoms with Crippen LogP contribution in [0.1, 0.15) is 62.5 Å². The number of nitrogens with zero attached hydrogens (tertiary/aromatic N) is 1. The number of esters is 1. The molecular formula is C33H38N2O9. The minimum absolute atomic E-state index is 0.0116. The maximum absolute atomic E-state index is 14.4. The molecule has 11 nitrogen and oxygen atoms in total. The van der Waals surface area contributed by atoms with E-state index in [2.05, 4.69) is 0 Å². The summed E-state index contributed by atoms with van der Waals surface area (Å²) in [5.74, 6) is -7.99. The molecule has 0 spiro atoms. The van der Waals surface area contributed by atoms with Gasteiger partial charge in [-0.15, -0.1) is 0 Å². The van der Waals surface area contributed by atoms with Crippen LogP contribution < -0.4 is 5.73 Å². The van der Waals surface area contributed by atoms with Gasteiger partial charge in [0.2, 0.25) is 5.78 Å². The van der Waals surface area contributed by atoms with Gasteiger partial charge in [0.25, 0.3) is 5.91 Å². The number of carbonyl (C=O) groups is 4. The smallest absolute Gasteiger partial charge is 0.312 e. The summed E-state index contributed by atoms with van der Waals surface area (Å²) in [6.45, 7) is 1.76. The molecule has 44 heavy (non-hydrogen) atoms. The third-order valence-corrected chi connectivity index (χ3v) is 11.7. The second-order valence-electron chi connectivity index (χ2n) is 14.4. The van der Waals surface area contributed by atoms with Gasteiger partial charge < -0.3 is 30.9 Å². The van der Waals surface area contributed by atoms with Gasteiger partial charge in [0, 0.05) is 11.5 Å². The molecule has 0 saturated heterocycles. The summed E-state index contributed by atoms with van der Waals surface area (Å²) in [5.41, 5.74) is 1.01. The lowest BCUT2D eigenvalue weighted by atomic mass is 9.49. The number of rotatable bonds is 4. The van der Waals surface area contributed by atoms with Crippen LogP contribution in [0.4, 0.5) is 0 Å². The van der Waals surface area contributed by atoms with Gasteiger partial charge >= 0.3 is 5.97 Å². The van der Waals surface area contributed by atoms with Crippen molar-refractivity contribution in [2.75, 3.05) is 14.1 Å². The number of ether oxygens (including phenoxy) is 1. The molecule has 4 unspecified atom stereocenters. The molecule has 5 fully saturated rings. The van der Waals surface area contributed by atoms with Gasteiger partial charge in [-0.2, -0.15) is 0 Å². The first kappa shape index (κ1) is 29.0. The lowest BCUT2D eigenvalue weighted by Gasteiger charge is -2.57. The van der Waals surface area contributed by atoms with Crippen LogP contribution in [0.3, 0.4) is 0 Å². The minimum Gasteiger partial charge on any atom is -0.508 e. The number of likely N-dealkylation sites (N-methyl/N-ethyl adjacent to an activating group) is 1. The molecule has 1 aromatic carbocycles. The third kappa shape index (κ3) is 3.62. The summed E-state index contributed by atoms with van der Waals surface area (Å²) < 4.78 is 6.48. The Bertz CT molecular complexity index is 1560. The van der Waals surface area contributed by atoms with Crippen LogP contribution in [0.15, 0.2) is 35.1 Å². The molecule has 6 N–H and O–H groups in total. The molecule has 5 saturated carbocycles. The van der Waals surface area contributed by atoms with E-state index in [0.717, 1.165) is 19.3 Å². The molecule has 7 aliphatic rings. The number of hydrogen-bond donors (Lipinski definition) is 5. The Hall–Kier alpha value is -3.70. The molecule has 11 heteroatoms. The first-order chi connectivity index (χ1) is 20.7. The van der Waals surface area contributed by atoms with Gasteiger partial charge in [-0.3, -0.25) is 24.1 Å². The zero-order valence-corrected chi connectivity index (χ0v) is 24.9. The van der Waals surface area contributed by atoms with Crippen molar-refractivity contribution >= 4 is 29.2 Å². The van der Waals surface area contributed by atoms with E-state index < -0.39 is 81.4 Å². The van der Waals surface area contributed by atoms with E-state index in [1.54, 1.807) is 19.1 Å². The number of nitrogens with two attached hydrogens (primary N) is 1. The molecule has 234 valence electrons. The number of ketones is 2. The summed E-state index contributed by atoms with van der Waals surface area (Å²) in [4.78, 5) is 56.6. The van der Waals surface area contributed by atoms with Crippen molar-refractivity contribution in [3.8, 4) is 5.75 Å². The van der Waals surface area contributed by atoms with Crippen molar-refractivity contribution < 1.29 is 44.3 Å². The Labute approximate surface area is 254 Å². The van der Waals surface area contributed by atoms with Crippen LogP contribution in [0.2, 0.25) is 0 Å². The molecule has 0 aromatic heterocycles. The molecule has 8 rings (SSSR count). The SMILES string of the molecule is CC1c2cccc(O)c2C(O)=C2C(=O)[C@]3(O)C(O)=C(C(N)=O)C(=O)[C@@H](N(C)C)C3C(OC(=O)C34CC5CC(CC(C5)C3)C4)C21. The van der Waals surface area contributed by atoms with Crippen LogP contribution in [0.5, 0.6) is 5.75 Å². The maximum atomic E-state index is 14.4. The predicted molar refractivity (Wildman–Crippen MR) is 155 cm³/mol. The van der Waals surface area contributed by atoms with Gasteiger partial charge in [-0.1, -0.05) is 19.1 Å². The second kappa shape index (κ2) is 9.40. The van der Waals surface area contributed by atoms with Crippen molar-refractivity contribution in [2.24, 2.45) is 40.7 Å². The van der Waals surface area contributed by atoms with Crippen LogP contribution in [-0.4, -0.2) is 80.6 Å². The highest BCUT2D eigenvalue weighted by molar-refractivity contribution is 6.24. The van der Waals surface area contributed by atoms with Gasteiger partial charge in [-0.05, 0) is 87.9 Å². The molecule has 1 aromatic rings. The number of phenols is 1. The number of aliphatic hydroxyl groups is 3. The van der Waals surface area contributed by atoms with E-state index >= 15 is 0 Å². The van der Waals surface area contributed by atoms with E-state index in [1.165, 1.54) is 25.1 Å². The molecule has 1 amide bonds. The summed E-state index contributed by atoms with van der Waals surface area (Å²) in [6, 6.07) is 3.24. The summed E-state index contributed by atoms with van der Waals surface area (Å²) in [6.07, 6.45) is 3.90. The quantitative estimate of drug-likeness (QED) is 0.251. The number of fused-ring (bicyclic) bond motifs is 3. The highest BCUT2D eigenvalue weighted by Gasteiger charge is 2.70. The number of Topliss-reactive ketones (excluding diaryl/α,β-unsaturated/α-hetero) is 2. The number of benzene rings is 1. The Kier molecular flexibility index (Phi) is 6.21. The van der Waals surface area contributed by atoms with Crippen LogP contribution in [0, 0.1) is 35.0 Å². The van der Waals surface area contributed by atoms with Crippen molar-refractivity contribution in [3.63, 3.8) is 0 Å². The maximum Gasteiger partial charge on any atom is 0.312 e. The Morgan fingerprint density at radius 3 is 2.14 bits per heavy atom. The monoisotopic (exact) mass is 606 g/mol. The number of carbonyl (C=O) groups excluding carboxylic acids is 4. The van der Waals surface area contributed by atoms with E-state index in [-0.39, 0.29) is 16.9 Å². The fourth-order valence-electron chi connectivity index (χ4n) is 10.3. The summed E-state index contributed by atoms with van der Waals surface area (Å²) in [7, 11) is 3.04. The molecule has 0 aliphatic heterocycles. The number of amides is 1. The Balaban J connectivity index is 1.45. The first-order valence-corrected chi connectivity index (χ1v) is 15.4. The molecule has 0 radical (unpaired) electrons. The second-order valence-corrected chi connectivity index (χ2v) is 14.4. The zero-order valence-electron chi connectivity index (χ0n) is 24.9. The number of hydrogen-bond acceptors (Lipinski definition) is 10. The Morgan fingerprint density at radius 1 is 1.00 bits per heavy atom. The lowest BCUT2D eigenvalue weighted by molar-refractivity contribution is -0.200. The van der Waals surface area contributed by atoms with E-state index in [1.807, 2.05) is 0 Å². The van der Waals surface area contributed by atoms with Crippen LogP contribution in [0.25, 0.3) is 5.76 Å². The first-order valence-electron chi connectivity index (χ1n) is 15.4. The average molecular weight is 607 g/mol. The molecular weight excluding hydrogens is 568 g/mol. The predicted octanol–water partition coefficient (Wildman–Crippen LogP) is 2.26. The summed E-state index contributed by atoms with van der Waals surface area (Å²) in [5, 5.41) is 46.0. The molecule has 4 bridgehead atoms. The van der Waals surface area contributed by atoms with E-state index in [4.69, 9.17) is 10.5 Å². The van der Waals surface area contributed by atoms with Gasteiger partial charge in [-0.25, -0.2) is 0 Å². The number of phenolic OH excluding ortho intramolecular Hbond substituents is 1. The highest BCUT2D eigenvalue weighted by Crippen LogP contribution is 2.62. The Morgan fingerprint density at radius 2 is 1.59 bits per heavy atom. The summed E-state index contributed by atoms with van der Waals surface area (Å²) >= 11 is 0. The van der Waals surface area contributed by atoms with Crippen LogP contribution in [-0.2, 0) is 23.9 Å². The van der Waals surface area contributed by atoms with Crippen molar-refractivity contribution in [3.05, 3.63) is 46.2 Å². The van der Waals surface area contributed by atoms with E-state index in [0.29, 0.717) is 42.6 Å². The van der Waals surface area contributed by atoms with Gasteiger partial charge in [0.05, 0.1) is 22.9 Å². The fraction of sp³-hybridized carbons (Fsp3) is 0.576. The van der Waals surface area contributed by atoms with Crippen molar-refractivity contribution in [1.82, 2.24) is 4.90 Å². The lowest BCUT2D eigenvalue weighted by Crippen LogP contribution is -2.71. The largest absolute Gasteiger partial charge is 0.508 e. The molecule has 0 heterocycles. The minimum atomic E-state index is -2.94. The van der Waals surface area contributed by atoms with Crippen LogP contribution >= 0.6 is 0 Å². The zero-order chi connectivity index (χ0) is 31.6. The highest BCUT2D eigenvalue weighted by atomic mass is 16.5. The number of aromatic hydroxyl groups is 1. The standard InChI is InChI=1S/C33H38N2O9/c1-13-17-5-4-6-18(36)20(17)25(37)21-19(13)27(44-31(42)32-10-14-7-15(11-32)9-16(8-14)12-32)23-24(35(2)3)26(38)22(30(34)41)29(40)33(23,43)28(21)39/h4-6,13-16,19,23-24,27,36-37,40,43H,7-12H2,1-3H3,(H2,34,41)/t13?,14?,15?,16?,19?,23?,24-,27?,32?,33-/m0/s1. The van der Waals surface area contributed by atoms with Crippen molar-refractivity contribution in [2.45, 2.75) is 69.1 Å². The molecule has 6 atom stereocenters. The van der Waals surface area contributed by atoms with E-state index in [9.17, 15) is 39.6 Å². The van der Waals surface area contributed by atoms with Gasteiger partial charge in [0.15, 0.2) is 11.4 Å². The number of primary amides is 1. The van der Waals surface area contributed by atoms with Crippen molar-refractivity contribution in [1.29, 1.82) is 0 Å². The van der Waals surface area contributed by atoms with Gasteiger partial charge in [0.1, 0.15) is 28.9 Å². The average Bonchev–Trinajstić information content (AvgIpc) is 2.93. The molecule has 7 aliphatic carbocycles. The number of aliphatic hydroxyl groups excluding tert-OH is 2. The normalized spacial score (nSPS) is 40.6. The topological polar surface area (TPSA) is 188 Å².